The molecule has 0 atom stereocenters. The Morgan fingerprint density at radius 2 is 1.67 bits per heavy atom. The van der Waals surface area contributed by atoms with Crippen molar-refractivity contribution in [1.29, 1.82) is 0 Å². The lowest BCUT2D eigenvalue weighted by atomic mass is 9.96. The second-order valence-corrected chi connectivity index (χ2v) is 4.22. The molecule has 0 aliphatic heterocycles. The molecule has 0 aromatic heterocycles. The smallest absolute Gasteiger partial charge is 0.0125 e. The zero-order valence-corrected chi connectivity index (χ0v) is 9.24. The van der Waals surface area contributed by atoms with Crippen LogP contribution in [-0.2, 0) is 0 Å². The fraction of sp³-hybridized carbons (Fsp3) is 1.00. The average molecular weight is 171 g/mol. The molecule has 0 rings (SSSR count). The molecule has 0 fully saturated rings. The Morgan fingerprint density at radius 1 is 1.00 bits per heavy atom. The van der Waals surface area contributed by atoms with Crippen molar-refractivity contribution >= 4 is 0 Å². The van der Waals surface area contributed by atoms with Gasteiger partial charge in [0.05, 0.1) is 0 Å². The van der Waals surface area contributed by atoms with Gasteiger partial charge in [-0.05, 0) is 26.8 Å². The second kappa shape index (κ2) is 6.47. The van der Waals surface area contributed by atoms with E-state index in [9.17, 15) is 0 Å². The fourth-order valence-corrected chi connectivity index (χ4v) is 1.56. The van der Waals surface area contributed by atoms with Crippen molar-refractivity contribution in [3.8, 4) is 0 Å². The van der Waals surface area contributed by atoms with Gasteiger partial charge >= 0.3 is 0 Å². The summed E-state index contributed by atoms with van der Waals surface area (Å²) in [5.74, 6) is 0. The van der Waals surface area contributed by atoms with Gasteiger partial charge in [-0.3, -0.25) is 0 Å². The van der Waals surface area contributed by atoms with E-state index in [1.54, 1.807) is 0 Å². The summed E-state index contributed by atoms with van der Waals surface area (Å²) in [4.78, 5) is 0. The molecule has 0 aromatic rings. The predicted octanol–water partition coefficient (Wildman–Crippen LogP) is 3.34. The van der Waals surface area contributed by atoms with Crippen molar-refractivity contribution in [2.75, 3.05) is 6.54 Å². The third-order valence-corrected chi connectivity index (χ3v) is 2.31. The summed E-state index contributed by atoms with van der Waals surface area (Å²) in [7, 11) is 0. The van der Waals surface area contributed by atoms with E-state index in [4.69, 9.17) is 0 Å². The Morgan fingerprint density at radius 3 is 2.17 bits per heavy atom. The van der Waals surface area contributed by atoms with E-state index < -0.39 is 0 Å². The van der Waals surface area contributed by atoms with Gasteiger partial charge in [0.15, 0.2) is 0 Å². The largest absolute Gasteiger partial charge is 0.312 e. The Bertz CT molecular complexity index is 97.2. The molecular formula is C11H25N. The lowest BCUT2D eigenvalue weighted by Crippen LogP contribution is -2.38. The number of unbranched alkanes of at least 4 members (excludes halogenated alkanes) is 3. The summed E-state index contributed by atoms with van der Waals surface area (Å²) in [5.41, 5.74) is 0.350. The van der Waals surface area contributed by atoms with Crippen LogP contribution in [0, 0.1) is 0 Å². The molecule has 0 saturated heterocycles. The van der Waals surface area contributed by atoms with Crippen LogP contribution in [0.4, 0.5) is 0 Å². The van der Waals surface area contributed by atoms with Crippen LogP contribution in [0.1, 0.15) is 59.8 Å². The van der Waals surface area contributed by atoms with E-state index in [-0.39, 0.29) is 0 Å². The van der Waals surface area contributed by atoms with Crippen molar-refractivity contribution < 1.29 is 0 Å². The summed E-state index contributed by atoms with van der Waals surface area (Å²) in [5, 5.41) is 3.50. The minimum absolute atomic E-state index is 0.350. The monoisotopic (exact) mass is 171 g/mol. The molecule has 1 nitrogen and oxygen atoms in total. The van der Waals surface area contributed by atoms with Crippen LogP contribution in [0.25, 0.3) is 0 Å². The van der Waals surface area contributed by atoms with Crippen LogP contribution >= 0.6 is 0 Å². The minimum atomic E-state index is 0.350. The van der Waals surface area contributed by atoms with Crippen molar-refractivity contribution in [3.63, 3.8) is 0 Å². The topological polar surface area (TPSA) is 12.0 Å². The van der Waals surface area contributed by atoms with Gasteiger partial charge in [0.25, 0.3) is 0 Å². The predicted molar refractivity (Wildman–Crippen MR) is 56.5 cm³/mol. The van der Waals surface area contributed by atoms with Crippen LogP contribution in [-0.4, -0.2) is 12.1 Å². The molecule has 0 aliphatic rings. The molecule has 1 N–H and O–H groups in total. The fourth-order valence-electron chi connectivity index (χ4n) is 1.56. The summed E-state index contributed by atoms with van der Waals surface area (Å²) in [6.07, 6.45) is 6.80. The summed E-state index contributed by atoms with van der Waals surface area (Å²) in [6.45, 7) is 10.1. The van der Waals surface area contributed by atoms with Gasteiger partial charge in [0.2, 0.25) is 0 Å². The van der Waals surface area contributed by atoms with E-state index >= 15 is 0 Å². The number of hydrogen-bond acceptors (Lipinski definition) is 1. The molecule has 0 heterocycles. The van der Waals surface area contributed by atoms with Gasteiger partial charge in [-0.1, -0.05) is 39.5 Å². The quantitative estimate of drug-likeness (QED) is 0.579. The van der Waals surface area contributed by atoms with Crippen molar-refractivity contribution in [1.82, 2.24) is 5.32 Å². The van der Waals surface area contributed by atoms with Crippen LogP contribution in [0.3, 0.4) is 0 Å². The third kappa shape index (κ3) is 6.66. The van der Waals surface area contributed by atoms with E-state index in [0.29, 0.717) is 5.54 Å². The van der Waals surface area contributed by atoms with E-state index in [0.717, 1.165) is 6.54 Å². The number of nitrogens with one attached hydrogen (secondary N) is 1. The lowest BCUT2D eigenvalue weighted by molar-refractivity contribution is 0.356. The lowest BCUT2D eigenvalue weighted by Gasteiger charge is -2.25. The summed E-state index contributed by atoms with van der Waals surface area (Å²) >= 11 is 0. The minimum Gasteiger partial charge on any atom is -0.312 e. The van der Waals surface area contributed by atoms with Gasteiger partial charge in [-0.15, -0.1) is 0 Å². The Balaban J connectivity index is 3.33. The second-order valence-electron chi connectivity index (χ2n) is 4.22. The highest BCUT2D eigenvalue weighted by molar-refractivity contribution is 4.75. The molecule has 0 unspecified atom stereocenters. The molecule has 0 amide bonds. The average Bonchev–Trinajstić information content (AvgIpc) is 1.98. The molecule has 0 aromatic carbocycles. The molecule has 0 radical (unpaired) electrons. The maximum absolute atomic E-state index is 3.50. The Kier molecular flexibility index (Phi) is 6.45. The first-order chi connectivity index (χ1) is 5.62. The Labute approximate surface area is 77.9 Å². The van der Waals surface area contributed by atoms with Crippen molar-refractivity contribution in [3.05, 3.63) is 0 Å². The summed E-state index contributed by atoms with van der Waals surface area (Å²) in [6, 6.07) is 0. The first-order valence-corrected chi connectivity index (χ1v) is 5.37. The van der Waals surface area contributed by atoms with Crippen LogP contribution in [0.15, 0.2) is 0 Å². The first kappa shape index (κ1) is 12.0. The molecule has 74 valence electrons. The van der Waals surface area contributed by atoms with Crippen molar-refractivity contribution in [2.24, 2.45) is 0 Å². The highest BCUT2D eigenvalue weighted by atomic mass is 14.9. The van der Waals surface area contributed by atoms with Crippen molar-refractivity contribution in [2.45, 2.75) is 65.3 Å². The van der Waals surface area contributed by atoms with E-state index in [1.165, 1.54) is 32.1 Å². The van der Waals surface area contributed by atoms with Gasteiger partial charge in [0, 0.05) is 5.54 Å². The highest BCUT2D eigenvalue weighted by Gasteiger charge is 2.14. The standard InChI is InChI=1S/C11H25N/c1-5-7-8-9-10-11(3,4)12-6-2/h12H,5-10H2,1-4H3. The summed E-state index contributed by atoms with van der Waals surface area (Å²) < 4.78 is 0. The van der Waals surface area contributed by atoms with Gasteiger partial charge in [-0.2, -0.15) is 0 Å². The number of rotatable bonds is 7. The molecular weight excluding hydrogens is 146 g/mol. The molecule has 12 heavy (non-hydrogen) atoms. The maximum atomic E-state index is 3.50. The zero-order chi connectivity index (χ0) is 9.45. The molecule has 0 bridgehead atoms. The van der Waals surface area contributed by atoms with E-state index in [1.807, 2.05) is 0 Å². The zero-order valence-electron chi connectivity index (χ0n) is 9.24. The molecule has 1 heteroatoms. The van der Waals surface area contributed by atoms with Gasteiger partial charge in [-0.25, -0.2) is 0 Å². The highest BCUT2D eigenvalue weighted by Crippen LogP contribution is 2.13. The SMILES string of the molecule is CCCCCCC(C)(C)NCC. The van der Waals surface area contributed by atoms with E-state index in [2.05, 4.69) is 33.0 Å². The van der Waals surface area contributed by atoms with Crippen LogP contribution in [0.5, 0.6) is 0 Å². The maximum Gasteiger partial charge on any atom is 0.0125 e. The molecule has 0 spiro atoms. The molecule has 0 aliphatic carbocycles. The van der Waals surface area contributed by atoms with Gasteiger partial charge < -0.3 is 5.32 Å². The third-order valence-electron chi connectivity index (χ3n) is 2.31. The van der Waals surface area contributed by atoms with Crippen LogP contribution in [0.2, 0.25) is 0 Å². The Hall–Kier alpha value is -0.0400. The van der Waals surface area contributed by atoms with Crippen LogP contribution < -0.4 is 5.32 Å². The first-order valence-electron chi connectivity index (χ1n) is 5.37. The van der Waals surface area contributed by atoms with Gasteiger partial charge in [0.1, 0.15) is 0 Å². The normalized spacial score (nSPS) is 12.0. The molecule has 0 saturated carbocycles. The number of hydrogen-bond donors (Lipinski definition) is 1.